The molecule has 112 valence electrons. The van der Waals surface area contributed by atoms with Crippen LogP contribution in [0.3, 0.4) is 0 Å². The number of quaternary nitrogens is 1. The molecular weight excluding hydrogens is 253 g/mol. The molecule has 0 aromatic carbocycles. The molecule has 0 heterocycles. The lowest BCUT2D eigenvalue weighted by Gasteiger charge is -2.31. The molecule has 0 unspecified atom stereocenters. The van der Waals surface area contributed by atoms with E-state index in [1.54, 1.807) is 7.11 Å². The fraction of sp³-hybridized carbons (Fsp3) is 1.00. The molecule has 0 aliphatic heterocycles. The van der Waals surface area contributed by atoms with E-state index in [2.05, 4.69) is 20.9 Å². The molecule has 0 aromatic heterocycles. The second kappa shape index (κ2) is 10.6. The molecule has 0 fully saturated rings. The maximum atomic E-state index is 9.75. The molecule has 0 aliphatic carbocycles. The summed E-state index contributed by atoms with van der Waals surface area (Å²) in [6.07, 6.45) is 0. The van der Waals surface area contributed by atoms with Crippen LogP contribution in [0.1, 0.15) is 13.8 Å². The number of halogens is 4. The van der Waals surface area contributed by atoms with Gasteiger partial charge in [0.2, 0.25) is 0 Å². The van der Waals surface area contributed by atoms with E-state index in [9.17, 15) is 17.3 Å². The highest BCUT2D eigenvalue weighted by molar-refractivity contribution is 6.50. The Labute approximate surface area is 107 Å². The van der Waals surface area contributed by atoms with E-state index in [1.807, 2.05) is 0 Å². The number of hydrogen-bond donors (Lipinski definition) is 0. The summed E-state index contributed by atoms with van der Waals surface area (Å²) in [7, 11) is -2.04. The average Bonchev–Trinajstić information content (AvgIpc) is 2.26. The number of nitrogens with zero attached hydrogens (tertiary/aromatic N) is 1. The molecule has 0 amide bonds. The van der Waals surface area contributed by atoms with Crippen LogP contribution in [0, 0.1) is 0 Å². The minimum atomic E-state index is -6.00. The number of likely N-dealkylation sites (N-methyl/N-ethyl adjacent to an activating group) is 1. The lowest BCUT2D eigenvalue weighted by Crippen LogP contribution is -2.45. The van der Waals surface area contributed by atoms with Crippen molar-refractivity contribution < 1.29 is 31.2 Å². The van der Waals surface area contributed by atoms with Crippen LogP contribution in [-0.2, 0) is 9.47 Å². The molecule has 0 N–H and O–H groups in total. The Balaban J connectivity index is 0. The van der Waals surface area contributed by atoms with Gasteiger partial charge in [-0.05, 0) is 13.8 Å². The third-order valence-electron chi connectivity index (χ3n) is 2.73. The first-order valence-corrected chi connectivity index (χ1v) is 5.96. The van der Waals surface area contributed by atoms with Crippen LogP contribution >= 0.6 is 0 Å². The van der Waals surface area contributed by atoms with Gasteiger partial charge in [0.25, 0.3) is 0 Å². The molecule has 8 heteroatoms. The largest absolute Gasteiger partial charge is 0.673 e. The van der Waals surface area contributed by atoms with Gasteiger partial charge >= 0.3 is 7.25 Å². The third-order valence-corrected chi connectivity index (χ3v) is 2.73. The molecule has 0 atom stereocenters. The minimum Gasteiger partial charge on any atom is -0.418 e. The molecule has 0 saturated carbocycles. The van der Waals surface area contributed by atoms with Crippen molar-refractivity contribution in [2.75, 3.05) is 53.6 Å². The van der Waals surface area contributed by atoms with Crippen molar-refractivity contribution in [1.29, 1.82) is 0 Å². The molecule has 0 radical (unpaired) electrons. The SMILES string of the molecule is CC[N+](C)(CC)CCOCCOC.F[B-](F)(F)F. The van der Waals surface area contributed by atoms with Crippen LogP contribution in [0.15, 0.2) is 0 Å². The highest BCUT2D eigenvalue weighted by Gasteiger charge is 2.20. The number of hydrogen-bond acceptors (Lipinski definition) is 2. The first-order valence-electron chi connectivity index (χ1n) is 5.96. The van der Waals surface area contributed by atoms with Crippen LogP contribution < -0.4 is 0 Å². The molecule has 0 spiro atoms. The quantitative estimate of drug-likeness (QED) is 0.293. The van der Waals surface area contributed by atoms with Gasteiger partial charge in [-0.3, -0.25) is 0 Å². The molecule has 0 bridgehead atoms. The summed E-state index contributed by atoms with van der Waals surface area (Å²) >= 11 is 0. The predicted octanol–water partition coefficient (Wildman–Crippen LogP) is 2.44. The fourth-order valence-corrected chi connectivity index (χ4v) is 1.07. The Morgan fingerprint density at radius 2 is 1.39 bits per heavy atom. The van der Waals surface area contributed by atoms with Gasteiger partial charge < -0.3 is 31.2 Å². The highest BCUT2D eigenvalue weighted by atomic mass is 19.5. The maximum Gasteiger partial charge on any atom is 0.673 e. The third kappa shape index (κ3) is 18.0. The Morgan fingerprint density at radius 3 is 1.72 bits per heavy atom. The van der Waals surface area contributed by atoms with Crippen molar-refractivity contribution in [2.45, 2.75) is 13.8 Å². The van der Waals surface area contributed by atoms with E-state index < -0.39 is 7.25 Å². The molecule has 0 aliphatic rings. The van der Waals surface area contributed by atoms with Crippen molar-refractivity contribution in [3.8, 4) is 0 Å². The van der Waals surface area contributed by atoms with Gasteiger partial charge in [0.05, 0.1) is 40.0 Å². The summed E-state index contributed by atoms with van der Waals surface area (Å²) < 4.78 is 50.4. The summed E-state index contributed by atoms with van der Waals surface area (Å²) in [6, 6.07) is 0. The van der Waals surface area contributed by atoms with E-state index >= 15 is 0 Å². The van der Waals surface area contributed by atoms with Crippen molar-refractivity contribution in [1.82, 2.24) is 0 Å². The summed E-state index contributed by atoms with van der Waals surface area (Å²) in [6.45, 7) is 10.1. The topological polar surface area (TPSA) is 18.5 Å². The van der Waals surface area contributed by atoms with Gasteiger partial charge in [-0.25, -0.2) is 0 Å². The zero-order chi connectivity index (χ0) is 14.7. The summed E-state index contributed by atoms with van der Waals surface area (Å²) in [5.74, 6) is 0. The lowest BCUT2D eigenvalue weighted by molar-refractivity contribution is -0.906. The normalized spacial score (nSPS) is 12.0. The molecule has 0 rings (SSSR count). The van der Waals surface area contributed by atoms with Gasteiger partial charge in [-0.15, -0.1) is 0 Å². The Bertz CT molecular complexity index is 183. The number of methoxy groups -OCH3 is 1. The second-order valence-corrected chi connectivity index (χ2v) is 4.08. The molecule has 3 nitrogen and oxygen atoms in total. The predicted molar refractivity (Wildman–Crippen MR) is 65.0 cm³/mol. The Kier molecular flexibility index (Phi) is 11.7. The van der Waals surface area contributed by atoms with Gasteiger partial charge in [0, 0.05) is 7.11 Å². The Morgan fingerprint density at radius 1 is 0.944 bits per heavy atom. The second-order valence-electron chi connectivity index (χ2n) is 4.08. The zero-order valence-corrected chi connectivity index (χ0v) is 11.6. The van der Waals surface area contributed by atoms with Gasteiger partial charge in [-0.1, -0.05) is 0 Å². The summed E-state index contributed by atoms with van der Waals surface area (Å²) in [5.41, 5.74) is 0. The number of ether oxygens (including phenoxy) is 2. The van der Waals surface area contributed by atoms with Crippen LogP contribution in [0.4, 0.5) is 17.3 Å². The lowest BCUT2D eigenvalue weighted by atomic mass is 10.3. The minimum absolute atomic E-state index is 0.696. The number of rotatable bonds is 8. The highest BCUT2D eigenvalue weighted by Crippen LogP contribution is 2.06. The van der Waals surface area contributed by atoms with Crippen molar-refractivity contribution in [2.24, 2.45) is 0 Å². The Hall–Kier alpha value is -0.335. The zero-order valence-electron chi connectivity index (χ0n) is 11.6. The molecular formula is C10H24BF4NO2. The van der Waals surface area contributed by atoms with Crippen molar-refractivity contribution in [3.05, 3.63) is 0 Å². The van der Waals surface area contributed by atoms with Gasteiger partial charge in [0.15, 0.2) is 0 Å². The van der Waals surface area contributed by atoms with Crippen molar-refractivity contribution in [3.63, 3.8) is 0 Å². The van der Waals surface area contributed by atoms with Crippen LogP contribution in [0.5, 0.6) is 0 Å². The van der Waals surface area contributed by atoms with E-state index in [-0.39, 0.29) is 0 Å². The monoisotopic (exact) mass is 277 g/mol. The summed E-state index contributed by atoms with van der Waals surface area (Å²) in [5, 5.41) is 0. The van der Waals surface area contributed by atoms with Crippen LogP contribution in [0.25, 0.3) is 0 Å². The first kappa shape index (κ1) is 20.0. The fourth-order valence-electron chi connectivity index (χ4n) is 1.07. The smallest absolute Gasteiger partial charge is 0.418 e. The molecule has 0 aromatic rings. The van der Waals surface area contributed by atoms with Crippen LogP contribution in [0.2, 0.25) is 0 Å². The van der Waals surface area contributed by atoms with Gasteiger partial charge in [0.1, 0.15) is 6.54 Å². The molecule has 0 saturated heterocycles. The van der Waals surface area contributed by atoms with E-state index in [4.69, 9.17) is 9.47 Å². The van der Waals surface area contributed by atoms with E-state index in [1.165, 1.54) is 13.1 Å². The molecule has 18 heavy (non-hydrogen) atoms. The first-order chi connectivity index (χ1) is 8.18. The average molecular weight is 277 g/mol. The van der Waals surface area contributed by atoms with Crippen molar-refractivity contribution >= 4 is 7.25 Å². The van der Waals surface area contributed by atoms with Crippen LogP contribution in [-0.4, -0.2) is 65.3 Å². The summed E-state index contributed by atoms with van der Waals surface area (Å²) in [4.78, 5) is 0. The maximum absolute atomic E-state index is 9.75. The van der Waals surface area contributed by atoms with E-state index in [0.29, 0.717) is 13.2 Å². The van der Waals surface area contributed by atoms with E-state index in [0.717, 1.165) is 17.6 Å². The standard InChI is InChI=1S/C10H24NO2.BF4/c1-5-11(3,6-2)7-8-13-10-9-12-4;2-1(3,4)5/h5-10H2,1-4H3;/q+1;-1. The van der Waals surface area contributed by atoms with Gasteiger partial charge in [-0.2, -0.15) is 0 Å².